The number of rotatable bonds is 3. The van der Waals surface area contributed by atoms with Crippen molar-refractivity contribution in [3.63, 3.8) is 0 Å². The molecule has 10 heteroatoms. The summed E-state index contributed by atoms with van der Waals surface area (Å²) in [5.41, 5.74) is -6.75. The third-order valence-corrected chi connectivity index (χ3v) is 3.84. The Balaban J connectivity index is 2.97. The molecule has 0 bridgehead atoms. The average molecular weight is 392 g/mol. The quantitative estimate of drug-likeness (QED) is 0.588. The minimum Gasteiger partial charge on any atom is -0.478 e. The lowest BCUT2D eigenvalue weighted by Gasteiger charge is -2.25. The Kier molecular flexibility index (Phi) is 5.21. The van der Waals surface area contributed by atoms with Crippen LogP contribution in [0, 0.1) is 17.5 Å². The highest BCUT2D eigenvalue weighted by Gasteiger charge is 2.41. The number of carboxylic acid groups (broad SMARTS) is 2. The van der Waals surface area contributed by atoms with E-state index in [0.29, 0.717) is 0 Å². The molecule has 0 amide bonds. The molecule has 1 atom stereocenters. The molecule has 0 spiro atoms. The van der Waals surface area contributed by atoms with E-state index in [4.69, 9.17) is 10.2 Å². The van der Waals surface area contributed by atoms with Gasteiger partial charge in [0.05, 0.1) is 0 Å². The predicted octanol–water partition coefficient (Wildman–Crippen LogP) is 4.48. The zero-order valence-electron chi connectivity index (χ0n) is 13.6. The van der Waals surface area contributed by atoms with Crippen LogP contribution in [0.3, 0.4) is 0 Å². The van der Waals surface area contributed by atoms with Gasteiger partial charge in [-0.25, -0.2) is 35.9 Å². The number of hydrogen-bond donors (Lipinski definition) is 2. The molecule has 144 valence electrons. The number of allylic oxidation sites excluding steroid dienone is 5. The van der Waals surface area contributed by atoms with E-state index < -0.39 is 75.1 Å². The normalized spacial score (nSPS) is 17.5. The molecule has 1 aliphatic rings. The maximum Gasteiger partial charge on any atom is 0.341 e. The van der Waals surface area contributed by atoms with E-state index >= 15 is 0 Å². The summed E-state index contributed by atoms with van der Waals surface area (Å²) in [5, 5.41) is 17.6. The lowest BCUT2D eigenvalue weighted by molar-refractivity contribution is -0.133. The standard InChI is InChI=1S/C17H10F6O4/c1-4(2)7-8(13(21)15(23)10(12(7)20)17(26)27)5-3-6(18)9(16(24)25)14(22)11(5)19/h3,12H,1-2H3,(H,24,25)(H,26,27). The highest BCUT2D eigenvalue weighted by atomic mass is 19.2. The Bertz CT molecular complexity index is 970. The molecule has 0 aromatic heterocycles. The first kappa shape index (κ1) is 20.3. The van der Waals surface area contributed by atoms with Crippen LogP contribution < -0.4 is 0 Å². The van der Waals surface area contributed by atoms with Crippen molar-refractivity contribution in [2.45, 2.75) is 20.0 Å². The SMILES string of the molecule is CC(C)=C1C(c2cc(F)c(C(=O)O)c(F)c2F)=C(F)C(F)=C(C(=O)O)C1F. The summed E-state index contributed by atoms with van der Waals surface area (Å²) in [6, 6.07) is 0.0749. The van der Waals surface area contributed by atoms with Gasteiger partial charge in [-0.05, 0) is 19.9 Å². The van der Waals surface area contributed by atoms with Crippen molar-refractivity contribution in [2.75, 3.05) is 0 Å². The lowest BCUT2D eigenvalue weighted by atomic mass is 9.82. The van der Waals surface area contributed by atoms with Gasteiger partial charge in [0.2, 0.25) is 0 Å². The number of hydrogen-bond acceptors (Lipinski definition) is 2. The van der Waals surface area contributed by atoms with Gasteiger partial charge in [-0.3, -0.25) is 0 Å². The highest BCUT2D eigenvalue weighted by molar-refractivity contribution is 5.98. The van der Waals surface area contributed by atoms with Gasteiger partial charge in [-0.1, -0.05) is 5.57 Å². The Morgan fingerprint density at radius 3 is 1.93 bits per heavy atom. The van der Waals surface area contributed by atoms with Crippen LogP contribution in [0.1, 0.15) is 29.8 Å². The van der Waals surface area contributed by atoms with E-state index in [1.54, 1.807) is 0 Å². The van der Waals surface area contributed by atoms with Crippen molar-refractivity contribution < 1.29 is 46.1 Å². The molecule has 27 heavy (non-hydrogen) atoms. The number of benzene rings is 1. The molecule has 0 saturated carbocycles. The molecule has 1 aromatic carbocycles. The van der Waals surface area contributed by atoms with E-state index in [0.717, 1.165) is 13.8 Å². The average Bonchev–Trinajstić information content (AvgIpc) is 2.53. The van der Waals surface area contributed by atoms with E-state index in [2.05, 4.69) is 0 Å². The van der Waals surface area contributed by atoms with Gasteiger partial charge in [0.1, 0.15) is 17.0 Å². The number of carboxylic acids is 2. The second-order valence-corrected chi connectivity index (χ2v) is 5.71. The van der Waals surface area contributed by atoms with Gasteiger partial charge < -0.3 is 10.2 Å². The van der Waals surface area contributed by atoms with Crippen molar-refractivity contribution in [3.8, 4) is 0 Å². The molecule has 0 radical (unpaired) electrons. The molecule has 1 unspecified atom stereocenters. The van der Waals surface area contributed by atoms with E-state index in [-0.39, 0.29) is 11.6 Å². The molecule has 0 saturated heterocycles. The van der Waals surface area contributed by atoms with Crippen molar-refractivity contribution >= 4 is 17.5 Å². The van der Waals surface area contributed by atoms with Crippen molar-refractivity contribution in [1.82, 2.24) is 0 Å². The van der Waals surface area contributed by atoms with Gasteiger partial charge in [0.15, 0.2) is 29.5 Å². The zero-order chi connectivity index (χ0) is 20.8. The van der Waals surface area contributed by atoms with Crippen LogP contribution in [0.25, 0.3) is 5.57 Å². The highest BCUT2D eigenvalue weighted by Crippen LogP contribution is 2.45. The summed E-state index contributed by atoms with van der Waals surface area (Å²) in [5.74, 6) is -14.6. The van der Waals surface area contributed by atoms with Gasteiger partial charge in [0.25, 0.3) is 0 Å². The molecular formula is C17H10F6O4. The first-order chi connectivity index (χ1) is 12.4. The van der Waals surface area contributed by atoms with E-state index in [1.807, 2.05) is 0 Å². The third-order valence-electron chi connectivity index (χ3n) is 3.84. The zero-order valence-corrected chi connectivity index (χ0v) is 13.6. The topological polar surface area (TPSA) is 74.6 Å². The Labute approximate surface area is 147 Å². The fourth-order valence-corrected chi connectivity index (χ4v) is 2.67. The fourth-order valence-electron chi connectivity index (χ4n) is 2.67. The van der Waals surface area contributed by atoms with Crippen LogP contribution in [0.2, 0.25) is 0 Å². The summed E-state index contributed by atoms with van der Waals surface area (Å²) in [7, 11) is 0. The molecule has 1 aromatic rings. The second-order valence-electron chi connectivity index (χ2n) is 5.71. The summed E-state index contributed by atoms with van der Waals surface area (Å²) in [6.07, 6.45) is -2.76. The van der Waals surface area contributed by atoms with Crippen LogP contribution in [-0.4, -0.2) is 28.3 Å². The van der Waals surface area contributed by atoms with Gasteiger partial charge in [0, 0.05) is 16.7 Å². The van der Waals surface area contributed by atoms with E-state index in [1.165, 1.54) is 0 Å². The summed E-state index contributed by atoms with van der Waals surface area (Å²) in [6.45, 7) is 2.32. The number of carbonyl (C=O) groups is 2. The number of aromatic carboxylic acids is 1. The second kappa shape index (κ2) is 6.93. The first-order valence-corrected chi connectivity index (χ1v) is 7.17. The predicted molar refractivity (Wildman–Crippen MR) is 80.3 cm³/mol. The van der Waals surface area contributed by atoms with Crippen molar-refractivity contribution in [3.05, 3.63) is 63.0 Å². The van der Waals surface area contributed by atoms with Crippen molar-refractivity contribution in [2.24, 2.45) is 0 Å². The molecular weight excluding hydrogens is 382 g/mol. The Morgan fingerprint density at radius 1 is 0.926 bits per heavy atom. The van der Waals surface area contributed by atoms with Gasteiger partial charge in [-0.15, -0.1) is 0 Å². The first-order valence-electron chi connectivity index (χ1n) is 7.17. The molecule has 2 rings (SSSR count). The number of aliphatic carboxylic acids is 1. The van der Waals surface area contributed by atoms with Crippen LogP contribution in [-0.2, 0) is 4.79 Å². The van der Waals surface area contributed by atoms with Crippen LogP contribution in [0.5, 0.6) is 0 Å². The minimum absolute atomic E-state index is 0.0749. The van der Waals surface area contributed by atoms with Gasteiger partial charge >= 0.3 is 11.9 Å². The van der Waals surface area contributed by atoms with Crippen LogP contribution >= 0.6 is 0 Å². The largest absolute Gasteiger partial charge is 0.478 e. The molecule has 1 aliphatic carbocycles. The summed E-state index contributed by atoms with van der Waals surface area (Å²) < 4.78 is 85.2. The lowest BCUT2D eigenvalue weighted by Crippen LogP contribution is -2.24. The Hall–Kier alpha value is -3.04. The fraction of sp³-hybridized carbons (Fsp3) is 0.176. The maximum absolute atomic E-state index is 14.6. The minimum atomic E-state index is -2.76. The Morgan fingerprint density at radius 2 is 1.48 bits per heavy atom. The van der Waals surface area contributed by atoms with Crippen molar-refractivity contribution in [1.29, 1.82) is 0 Å². The summed E-state index contributed by atoms with van der Waals surface area (Å²) in [4.78, 5) is 21.8. The molecule has 4 nitrogen and oxygen atoms in total. The van der Waals surface area contributed by atoms with Crippen LogP contribution in [0.4, 0.5) is 26.3 Å². The van der Waals surface area contributed by atoms with Gasteiger partial charge in [-0.2, -0.15) is 0 Å². The third kappa shape index (κ3) is 3.11. The number of halogens is 6. The van der Waals surface area contributed by atoms with E-state index in [9.17, 15) is 35.9 Å². The molecule has 0 aliphatic heterocycles. The number of alkyl halides is 1. The molecule has 2 N–H and O–H groups in total. The molecule has 0 heterocycles. The smallest absolute Gasteiger partial charge is 0.341 e. The summed E-state index contributed by atoms with van der Waals surface area (Å²) >= 11 is 0. The monoisotopic (exact) mass is 392 g/mol. The maximum atomic E-state index is 14.6. The molecule has 0 fully saturated rings. The van der Waals surface area contributed by atoms with Crippen LogP contribution in [0.15, 0.2) is 34.4 Å².